The second-order valence-electron chi connectivity index (χ2n) is 11.3. The summed E-state index contributed by atoms with van der Waals surface area (Å²) in [5.41, 5.74) is 3.12. The van der Waals surface area contributed by atoms with Crippen LogP contribution in [-0.4, -0.2) is 68.7 Å². The number of aryl methyl sites for hydroxylation is 2. The van der Waals surface area contributed by atoms with E-state index in [1.165, 1.54) is 8.61 Å². The summed E-state index contributed by atoms with van der Waals surface area (Å²) >= 11 is 0. The van der Waals surface area contributed by atoms with Crippen LogP contribution in [0.5, 0.6) is 0 Å². The van der Waals surface area contributed by atoms with Gasteiger partial charge in [0, 0.05) is 38.3 Å². The molecule has 2 unspecified atom stereocenters. The predicted molar refractivity (Wildman–Crippen MR) is 164 cm³/mol. The van der Waals surface area contributed by atoms with Gasteiger partial charge in [0.2, 0.25) is 20.0 Å². The first kappa shape index (κ1) is 30.8. The van der Waals surface area contributed by atoms with Crippen molar-refractivity contribution in [3.8, 4) is 0 Å². The van der Waals surface area contributed by atoms with Crippen molar-refractivity contribution in [3.63, 3.8) is 0 Å². The van der Waals surface area contributed by atoms with Crippen molar-refractivity contribution in [1.82, 2.24) is 24.2 Å². The third kappa shape index (κ3) is 7.27. The minimum Gasteiger partial charge on any atom is -0.311 e. The summed E-state index contributed by atoms with van der Waals surface area (Å²) in [5, 5.41) is 7.22. The zero-order valence-electron chi connectivity index (χ0n) is 24.4. The fourth-order valence-electron chi connectivity index (χ4n) is 5.72. The second-order valence-corrected chi connectivity index (χ2v) is 15.2. The van der Waals surface area contributed by atoms with Gasteiger partial charge in [-0.3, -0.25) is 4.98 Å². The molecule has 2 aliphatic rings. The molecule has 5 rings (SSSR count). The molecule has 0 saturated heterocycles. The number of aromatic nitrogens is 1. The lowest BCUT2D eigenvalue weighted by Crippen LogP contribution is -2.52. The van der Waals surface area contributed by atoms with Crippen molar-refractivity contribution in [2.75, 3.05) is 26.2 Å². The van der Waals surface area contributed by atoms with E-state index >= 15 is 0 Å². The molecular weight excluding hydrogens is 571 g/mol. The van der Waals surface area contributed by atoms with Crippen LogP contribution in [0.1, 0.15) is 48.2 Å². The second kappa shape index (κ2) is 13.3. The molecule has 0 radical (unpaired) electrons. The maximum absolute atomic E-state index is 13.8. The highest BCUT2D eigenvalue weighted by molar-refractivity contribution is 7.89. The molecule has 3 aromatic rings. The Morgan fingerprint density at radius 2 is 1.05 bits per heavy atom. The van der Waals surface area contributed by atoms with E-state index in [9.17, 15) is 16.8 Å². The standard InChI is InChI=1S/C31H41N5O4S2/c1-24-10-14-28(15-11-24)41(37,38)35-20-18-32-30-8-3-4-9-31(30)33-19-21-36(23-27-7-5-6-26(22-35)34-27)42(39,40)29-16-12-25(2)13-17-29/h5-7,10-17,30-33H,3-4,8-9,18-23H2,1-2H3. The van der Waals surface area contributed by atoms with Gasteiger partial charge in [-0.25, -0.2) is 16.8 Å². The molecule has 1 fully saturated rings. The summed E-state index contributed by atoms with van der Waals surface area (Å²) in [6, 6.07) is 19.6. The molecule has 226 valence electrons. The van der Waals surface area contributed by atoms with Crippen LogP contribution < -0.4 is 10.6 Å². The normalized spacial score (nSPS) is 22.0. The molecule has 2 N–H and O–H groups in total. The van der Waals surface area contributed by atoms with Crippen molar-refractivity contribution in [3.05, 3.63) is 89.2 Å². The van der Waals surface area contributed by atoms with E-state index in [-0.39, 0.29) is 35.0 Å². The molecule has 11 heteroatoms. The third-order valence-electron chi connectivity index (χ3n) is 8.16. The number of benzene rings is 2. The number of nitrogens with zero attached hydrogens (tertiary/aromatic N) is 3. The maximum Gasteiger partial charge on any atom is 0.243 e. The SMILES string of the molecule is Cc1ccc(S(=O)(=O)N2CCNC3CCCCC3NCCN(S(=O)(=O)c3ccc(C)cc3)Cc3cccc(n3)C2)cc1. The molecular formula is C31H41N5O4S2. The van der Waals surface area contributed by atoms with Crippen molar-refractivity contribution in [2.45, 2.75) is 74.5 Å². The molecule has 1 saturated carbocycles. The molecule has 2 bridgehead atoms. The average Bonchev–Trinajstić information content (AvgIpc) is 2.97. The maximum atomic E-state index is 13.8. The molecule has 0 spiro atoms. The first-order valence-electron chi connectivity index (χ1n) is 14.7. The Bertz CT molecular complexity index is 1450. The minimum absolute atomic E-state index is 0.0861. The fraction of sp³-hybridized carbons (Fsp3) is 0.452. The molecule has 1 aromatic heterocycles. The lowest BCUT2D eigenvalue weighted by atomic mass is 9.90. The molecule has 9 nitrogen and oxygen atoms in total. The van der Waals surface area contributed by atoms with E-state index in [1.54, 1.807) is 60.7 Å². The lowest BCUT2D eigenvalue weighted by Gasteiger charge is -2.34. The summed E-state index contributed by atoms with van der Waals surface area (Å²) in [6.07, 6.45) is 4.17. The van der Waals surface area contributed by atoms with Gasteiger partial charge in [-0.1, -0.05) is 54.3 Å². The van der Waals surface area contributed by atoms with Crippen LogP contribution in [0.2, 0.25) is 0 Å². The lowest BCUT2D eigenvalue weighted by molar-refractivity contribution is 0.270. The van der Waals surface area contributed by atoms with Crippen LogP contribution in [0.3, 0.4) is 0 Å². The summed E-state index contributed by atoms with van der Waals surface area (Å²) in [6.45, 7) is 5.61. The first-order valence-corrected chi connectivity index (χ1v) is 17.6. The summed E-state index contributed by atoms with van der Waals surface area (Å²) in [7, 11) is -7.59. The zero-order valence-corrected chi connectivity index (χ0v) is 26.0. The summed E-state index contributed by atoms with van der Waals surface area (Å²) in [4.78, 5) is 5.24. The zero-order chi connectivity index (χ0) is 29.7. The topological polar surface area (TPSA) is 112 Å². The smallest absolute Gasteiger partial charge is 0.243 e. The number of nitrogens with one attached hydrogen (secondary N) is 2. The molecule has 1 aliphatic heterocycles. The number of fused-ring (bicyclic) bond motifs is 3. The molecule has 42 heavy (non-hydrogen) atoms. The largest absolute Gasteiger partial charge is 0.311 e. The van der Waals surface area contributed by atoms with Crippen molar-refractivity contribution < 1.29 is 16.8 Å². The van der Waals surface area contributed by atoms with E-state index < -0.39 is 20.0 Å². The highest BCUT2D eigenvalue weighted by atomic mass is 32.2. The highest BCUT2D eigenvalue weighted by Gasteiger charge is 2.30. The molecule has 2 heterocycles. The van der Waals surface area contributed by atoms with E-state index in [0.717, 1.165) is 36.8 Å². The van der Waals surface area contributed by atoms with Gasteiger partial charge in [0.25, 0.3) is 0 Å². The monoisotopic (exact) mass is 611 g/mol. The Morgan fingerprint density at radius 1 is 0.643 bits per heavy atom. The molecule has 2 aromatic carbocycles. The Kier molecular flexibility index (Phi) is 9.76. The molecule has 0 amide bonds. The quantitative estimate of drug-likeness (QED) is 0.464. The van der Waals surface area contributed by atoms with Gasteiger partial charge >= 0.3 is 0 Å². The van der Waals surface area contributed by atoms with Gasteiger partial charge in [-0.2, -0.15) is 8.61 Å². The number of hydrogen-bond acceptors (Lipinski definition) is 7. The predicted octanol–water partition coefficient (Wildman–Crippen LogP) is 3.58. The van der Waals surface area contributed by atoms with Gasteiger partial charge in [0.05, 0.1) is 34.3 Å². The highest BCUT2D eigenvalue weighted by Crippen LogP contribution is 2.23. The van der Waals surface area contributed by atoms with E-state index in [0.29, 0.717) is 37.6 Å². The minimum atomic E-state index is -3.79. The Hall–Kier alpha value is -2.67. The Labute approximate surface area is 250 Å². The van der Waals surface area contributed by atoms with E-state index in [2.05, 4.69) is 10.6 Å². The Morgan fingerprint density at radius 3 is 1.45 bits per heavy atom. The third-order valence-corrected chi connectivity index (χ3v) is 11.9. The summed E-state index contributed by atoms with van der Waals surface area (Å²) < 4.78 is 58.2. The van der Waals surface area contributed by atoms with Gasteiger partial charge in [-0.05, 0) is 63.1 Å². The van der Waals surface area contributed by atoms with E-state index in [4.69, 9.17) is 4.98 Å². The fourth-order valence-corrected chi connectivity index (χ4v) is 8.55. The van der Waals surface area contributed by atoms with Gasteiger partial charge in [0.15, 0.2) is 0 Å². The number of pyridine rings is 1. The van der Waals surface area contributed by atoms with Gasteiger partial charge in [0.1, 0.15) is 0 Å². The number of hydrogen-bond donors (Lipinski definition) is 2. The van der Waals surface area contributed by atoms with Crippen molar-refractivity contribution in [1.29, 1.82) is 0 Å². The van der Waals surface area contributed by atoms with Crippen molar-refractivity contribution in [2.24, 2.45) is 0 Å². The van der Waals surface area contributed by atoms with E-state index in [1.807, 2.05) is 19.9 Å². The van der Waals surface area contributed by atoms with Crippen LogP contribution >= 0.6 is 0 Å². The molecule has 2 atom stereocenters. The Balaban J connectivity index is 1.49. The van der Waals surface area contributed by atoms with Crippen LogP contribution in [0.15, 0.2) is 76.5 Å². The number of sulfonamides is 2. The first-order chi connectivity index (χ1) is 20.1. The van der Waals surface area contributed by atoms with Crippen LogP contribution in [0.25, 0.3) is 0 Å². The van der Waals surface area contributed by atoms with Crippen LogP contribution in [-0.2, 0) is 33.1 Å². The van der Waals surface area contributed by atoms with Gasteiger partial charge < -0.3 is 10.6 Å². The van der Waals surface area contributed by atoms with Crippen LogP contribution in [0.4, 0.5) is 0 Å². The summed E-state index contributed by atoms with van der Waals surface area (Å²) in [5.74, 6) is 0. The van der Waals surface area contributed by atoms with Gasteiger partial charge in [-0.15, -0.1) is 0 Å². The van der Waals surface area contributed by atoms with Crippen molar-refractivity contribution >= 4 is 20.0 Å². The average molecular weight is 612 g/mol. The number of rotatable bonds is 4. The molecule has 1 aliphatic carbocycles. The van der Waals surface area contributed by atoms with Crippen LogP contribution in [0, 0.1) is 13.8 Å².